The van der Waals surface area contributed by atoms with E-state index >= 15 is 0 Å². The van der Waals surface area contributed by atoms with Crippen LogP contribution < -0.4 is 0 Å². The number of thiazole rings is 1. The van der Waals surface area contributed by atoms with E-state index in [0.29, 0.717) is 0 Å². The van der Waals surface area contributed by atoms with Gasteiger partial charge in [-0.2, -0.15) is 0 Å². The first-order valence-corrected chi connectivity index (χ1v) is 7.81. The van der Waals surface area contributed by atoms with Gasteiger partial charge in [0.1, 0.15) is 5.01 Å². The lowest BCUT2D eigenvalue weighted by Crippen LogP contribution is -1.91. The molecule has 2 rings (SSSR count). The fourth-order valence-electron chi connectivity index (χ4n) is 1.29. The molecule has 1 aromatic carbocycles. The summed E-state index contributed by atoms with van der Waals surface area (Å²) in [4.78, 5) is 5.60. The molecule has 0 amide bonds. The first kappa shape index (κ1) is 13.1. The molecule has 0 bridgehead atoms. The lowest BCUT2D eigenvalue weighted by molar-refractivity contribution is 0.195. The highest BCUT2D eigenvalue weighted by Gasteiger charge is 2.07. The van der Waals surface area contributed by atoms with Crippen molar-refractivity contribution >= 4 is 39.0 Å². The van der Waals surface area contributed by atoms with Crippen molar-refractivity contribution in [2.24, 2.45) is 0 Å². The van der Waals surface area contributed by atoms with Gasteiger partial charge in [-0.3, -0.25) is 0 Å². The molecule has 0 radical (unpaired) electrons. The van der Waals surface area contributed by atoms with Crippen LogP contribution in [-0.2, 0) is 5.75 Å². The second-order valence-electron chi connectivity index (χ2n) is 3.59. The minimum atomic E-state index is -0.476. The maximum absolute atomic E-state index is 9.39. The lowest BCUT2D eigenvalue weighted by atomic mass is 10.3. The molecule has 1 unspecified atom stereocenters. The molecular formula is C12H12BrNOS2. The number of hydrogen-bond donors (Lipinski definition) is 1. The molecule has 0 saturated carbocycles. The van der Waals surface area contributed by atoms with Crippen LogP contribution in [-0.4, -0.2) is 10.1 Å². The zero-order valence-electron chi connectivity index (χ0n) is 9.26. The maximum atomic E-state index is 9.39. The third-order valence-corrected chi connectivity index (χ3v) is 4.70. The van der Waals surface area contributed by atoms with Gasteiger partial charge in [0, 0.05) is 14.7 Å². The van der Waals surface area contributed by atoms with E-state index in [1.165, 1.54) is 4.90 Å². The van der Waals surface area contributed by atoms with E-state index in [4.69, 9.17) is 0 Å². The number of rotatable bonds is 4. The van der Waals surface area contributed by atoms with Gasteiger partial charge in [0.05, 0.1) is 17.6 Å². The molecule has 2 aromatic rings. The third kappa shape index (κ3) is 3.81. The molecule has 1 aromatic heterocycles. The predicted molar refractivity (Wildman–Crippen MR) is 76.5 cm³/mol. The highest BCUT2D eigenvalue weighted by atomic mass is 79.9. The van der Waals surface area contributed by atoms with Crippen molar-refractivity contribution in [2.75, 3.05) is 0 Å². The molecule has 0 spiro atoms. The zero-order valence-corrected chi connectivity index (χ0v) is 12.5. The van der Waals surface area contributed by atoms with Gasteiger partial charge in [0.15, 0.2) is 0 Å². The Kier molecular flexibility index (Phi) is 4.62. The molecule has 1 heterocycles. The number of benzene rings is 1. The Morgan fingerprint density at radius 2 is 2.35 bits per heavy atom. The monoisotopic (exact) mass is 329 g/mol. The topological polar surface area (TPSA) is 33.1 Å². The van der Waals surface area contributed by atoms with Crippen LogP contribution in [0.2, 0.25) is 0 Å². The summed E-state index contributed by atoms with van der Waals surface area (Å²) >= 11 is 6.80. The van der Waals surface area contributed by atoms with Crippen LogP contribution in [0.5, 0.6) is 0 Å². The van der Waals surface area contributed by atoms with Crippen LogP contribution in [0.3, 0.4) is 0 Å². The average Bonchev–Trinajstić information content (AvgIpc) is 2.75. The number of nitrogens with zero attached hydrogens (tertiary/aromatic N) is 1. The average molecular weight is 330 g/mol. The summed E-state index contributed by atoms with van der Waals surface area (Å²) in [5.74, 6) is 0.841. The molecule has 1 atom stereocenters. The molecule has 0 aliphatic carbocycles. The Labute approximate surface area is 117 Å². The van der Waals surface area contributed by atoms with Gasteiger partial charge in [0.2, 0.25) is 0 Å². The van der Waals surface area contributed by atoms with Gasteiger partial charge in [-0.15, -0.1) is 23.1 Å². The van der Waals surface area contributed by atoms with Crippen molar-refractivity contribution in [3.8, 4) is 0 Å². The Morgan fingerprint density at radius 1 is 1.53 bits per heavy atom. The van der Waals surface area contributed by atoms with Crippen LogP contribution in [0.25, 0.3) is 0 Å². The zero-order chi connectivity index (χ0) is 12.3. The van der Waals surface area contributed by atoms with Crippen molar-refractivity contribution in [1.29, 1.82) is 0 Å². The molecule has 0 aliphatic heterocycles. The smallest absolute Gasteiger partial charge is 0.103 e. The first-order valence-electron chi connectivity index (χ1n) is 5.16. The summed E-state index contributed by atoms with van der Waals surface area (Å²) in [6.45, 7) is 1.74. The number of aliphatic hydroxyl groups excluding tert-OH is 1. The fourth-order valence-corrected chi connectivity index (χ4v) is 3.69. The number of aliphatic hydroxyl groups is 1. The summed E-state index contributed by atoms with van der Waals surface area (Å²) in [6, 6.07) is 8.21. The van der Waals surface area contributed by atoms with Crippen LogP contribution in [0, 0.1) is 0 Å². The van der Waals surface area contributed by atoms with Crippen LogP contribution in [0.4, 0.5) is 0 Å². The Balaban J connectivity index is 1.97. The van der Waals surface area contributed by atoms with E-state index in [0.717, 1.165) is 20.9 Å². The summed E-state index contributed by atoms with van der Waals surface area (Å²) in [6.07, 6.45) is -0.476. The maximum Gasteiger partial charge on any atom is 0.103 e. The first-order chi connectivity index (χ1) is 8.15. The number of thioether (sulfide) groups is 1. The molecular weight excluding hydrogens is 318 g/mol. The molecule has 5 heteroatoms. The second kappa shape index (κ2) is 6.00. The largest absolute Gasteiger partial charge is 0.387 e. The van der Waals surface area contributed by atoms with E-state index in [-0.39, 0.29) is 0 Å². The lowest BCUT2D eigenvalue weighted by Gasteiger charge is -2.00. The van der Waals surface area contributed by atoms with Gasteiger partial charge in [0.25, 0.3) is 0 Å². The number of halogens is 1. The molecule has 0 saturated heterocycles. The molecule has 2 nitrogen and oxygen atoms in total. The Bertz CT molecular complexity index is 499. The van der Waals surface area contributed by atoms with Gasteiger partial charge in [-0.1, -0.05) is 22.0 Å². The standard InChI is InChI=1S/C12H12BrNOS2/c1-8(15)11-6-17-12(14-11)7-16-10-4-2-3-9(13)5-10/h2-6,8,15H,7H2,1H3. The van der Waals surface area contributed by atoms with Crippen molar-refractivity contribution in [2.45, 2.75) is 23.7 Å². The summed E-state index contributed by atoms with van der Waals surface area (Å²) in [7, 11) is 0. The van der Waals surface area contributed by atoms with E-state index in [9.17, 15) is 5.11 Å². The minimum absolute atomic E-state index is 0.476. The van der Waals surface area contributed by atoms with Crippen molar-refractivity contribution in [3.05, 3.63) is 44.8 Å². The molecule has 0 fully saturated rings. The van der Waals surface area contributed by atoms with Gasteiger partial charge in [-0.05, 0) is 25.1 Å². The third-order valence-electron chi connectivity index (χ3n) is 2.16. The molecule has 1 N–H and O–H groups in total. The normalized spacial score (nSPS) is 12.6. The molecule has 17 heavy (non-hydrogen) atoms. The quantitative estimate of drug-likeness (QED) is 0.851. The number of aromatic nitrogens is 1. The van der Waals surface area contributed by atoms with Gasteiger partial charge >= 0.3 is 0 Å². The van der Waals surface area contributed by atoms with E-state index in [1.807, 2.05) is 17.5 Å². The second-order valence-corrected chi connectivity index (χ2v) is 6.50. The van der Waals surface area contributed by atoms with Crippen LogP contribution >= 0.6 is 39.0 Å². The Morgan fingerprint density at radius 3 is 3.00 bits per heavy atom. The van der Waals surface area contributed by atoms with Gasteiger partial charge < -0.3 is 5.11 Å². The van der Waals surface area contributed by atoms with Crippen LogP contribution in [0.1, 0.15) is 23.7 Å². The molecule has 90 valence electrons. The highest BCUT2D eigenvalue weighted by molar-refractivity contribution is 9.10. The van der Waals surface area contributed by atoms with Crippen LogP contribution in [0.15, 0.2) is 39.0 Å². The van der Waals surface area contributed by atoms with Crippen molar-refractivity contribution < 1.29 is 5.11 Å². The SMILES string of the molecule is CC(O)c1csc(CSc2cccc(Br)c2)n1. The summed E-state index contributed by atoms with van der Waals surface area (Å²) < 4.78 is 1.09. The molecule has 0 aliphatic rings. The van der Waals surface area contributed by atoms with E-state index < -0.39 is 6.10 Å². The highest BCUT2D eigenvalue weighted by Crippen LogP contribution is 2.27. The minimum Gasteiger partial charge on any atom is -0.387 e. The van der Waals surface area contributed by atoms with E-state index in [1.54, 1.807) is 30.0 Å². The predicted octanol–water partition coefficient (Wildman–Crippen LogP) is 4.25. The van der Waals surface area contributed by atoms with E-state index in [2.05, 4.69) is 33.0 Å². The summed E-state index contributed by atoms with van der Waals surface area (Å²) in [5, 5.41) is 12.4. The van der Waals surface area contributed by atoms with Crippen molar-refractivity contribution in [3.63, 3.8) is 0 Å². The fraction of sp³-hybridized carbons (Fsp3) is 0.250. The van der Waals surface area contributed by atoms with Crippen molar-refractivity contribution in [1.82, 2.24) is 4.98 Å². The van der Waals surface area contributed by atoms with Gasteiger partial charge in [-0.25, -0.2) is 4.98 Å². The Hall–Kier alpha value is -0.360. The summed E-state index contributed by atoms with van der Waals surface area (Å²) in [5.41, 5.74) is 0.764. The number of hydrogen-bond acceptors (Lipinski definition) is 4.